The maximum atomic E-state index is 11.6. The number of hydrogen-bond acceptors (Lipinski definition) is 6. The van der Waals surface area contributed by atoms with E-state index in [1.54, 1.807) is 6.20 Å². The third kappa shape index (κ3) is 7.40. The summed E-state index contributed by atoms with van der Waals surface area (Å²) in [6.45, 7) is 4.31. The fourth-order valence-corrected chi connectivity index (χ4v) is 1.73. The lowest BCUT2D eigenvalue weighted by Gasteiger charge is -2.03. The van der Waals surface area contributed by atoms with Gasteiger partial charge in [0.15, 0.2) is 0 Å². The topological polar surface area (TPSA) is 92.9 Å². The van der Waals surface area contributed by atoms with Crippen LogP contribution in [0.1, 0.15) is 19.2 Å². The second-order valence-corrected chi connectivity index (χ2v) is 4.43. The number of likely N-dealkylation sites (N-methyl/N-ethyl adjacent to an activating group) is 1. The van der Waals surface area contributed by atoms with Gasteiger partial charge in [0.05, 0.1) is 0 Å². The Morgan fingerprint density at radius 3 is 2.78 bits per heavy atom. The zero-order chi connectivity index (χ0) is 14.9. The summed E-state index contributed by atoms with van der Waals surface area (Å²) in [6.07, 6.45) is 2.42. The highest BCUT2D eigenvalue weighted by atomic mass is 35.5. The maximum Gasteiger partial charge on any atom is 0.227 e. The smallest absolute Gasteiger partial charge is 0.227 e. The van der Waals surface area contributed by atoms with E-state index >= 15 is 0 Å². The van der Waals surface area contributed by atoms with Crippen molar-refractivity contribution in [3.8, 4) is 11.5 Å². The van der Waals surface area contributed by atoms with Crippen LogP contribution in [-0.2, 0) is 11.2 Å². The monoisotopic (exact) mass is 361 g/mol. The van der Waals surface area contributed by atoms with Crippen molar-refractivity contribution in [1.82, 2.24) is 25.8 Å². The van der Waals surface area contributed by atoms with Gasteiger partial charge in [0.2, 0.25) is 17.6 Å². The minimum atomic E-state index is -0.0227. The van der Waals surface area contributed by atoms with Gasteiger partial charge in [-0.3, -0.25) is 9.78 Å². The first-order valence-electron chi connectivity index (χ1n) is 7.01. The van der Waals surface area contributed by atoms with E-state index in [0.717, 1.165) is 13.1 Å². The summed E-state index contributed by atoms with van der Waals surface area (Å²) in [6, 6.07) is 5.49. The highest BCUT2D eigenvalue weighted by molar-refractivity contribution is 5.85. The maximum absolute atomic E-state index is 11.6. The van der Waals surface area contributed by atoms with Crippen molar-refractivity contribution in [2.75, 3.05) is 19.6 Å². The molecule has 0 atom stereocenters. The average Bonchev–Trinajstić information content (AvgIpc) is 2.99. The third-order valence-corrected chi connectivity index (χ3v) is 2.80. The normalized spacial score (nSPS) is 9.61. The molecule has 0 saturated carbocycles. The van der Waals surface area contributed by atoms with E-state index in [1.807, 2.05) is 25.1 Å². The van der Waals surface area contributed by atoms with Crippen molar-refractivity contribution < 1.29 is 9.32 Å². The highest BCUT2D eigenvalue weighted by Crippen LogP contribution is 2.12. The van der Waals surface area contributed by atoms with Gasteiger partial charge in [-0.2, -0.15) is 4.98 Å². The number of aryl methyl sites for hydroxylation is 1. The molecule has 2 rings (SSSR count). The molecule has 0 saturated heterocycles. The van der Waals surface area contributed by atoms with Crippen molar-refractivity contribution in [1.29, 1.82) is 0 Å². The van der Waals surface area contributed by atoms with Gasteiger partial charge in [-0.25, -0.2) is 0 Å². The Morgan fingerprint density at radius 1 is 1.26 bits per heavy atom. The molecule has 128 valence electrons. The molecule has 0 radical (unpaired) electrons. The van der Waals surface area contributed by atoms with Gasteiger partial charge in [-0.05, 0) is 18.7 Å². The summed E-state index contributed by atoms with van der Waals surface area (Å²) in [4.78, 5) is 20.0. The van der Waals surface area contributed by atoms with Crippen molar-refractivity contribution in [2.24, 2.45) is 0 Å². The Morgan fingerprint density at radius 2 is 2.09 bits per heavy atom. The SMILES string of the molecule is CCNCCNC(=O)CCc1nc(-c2ccccn2)no1.Cl.Cl. The molecule has 0 unspecified atom stereocenters. The molecule has 0 aliphatic rings. The largest absolute Gasteiger partial charge is 0.355 e. The van der Waals surface area contributed by atoms with Crippen LogP contribution < -0.4 is 10.6 Å². The van der Waals surface area contributed by atoms with Gasteiger partial charge in [0.1, 0.15) is 5.69 Å². The standard InChI is InChI=1S/C14H19N5O2.2ClH/c1-2-15-9-10-17-12(20)6-7-13-18-14(19-21-13)11-5-3-4-8-16-11;;/h3-5,8,15H,2,6-7,9-10H2,1H3,(H,17,20);2*1H. The predicted octanol–water partition coefficient (Wildman–Crippen LogP) is 1.63. The summed E-state index contributed by atoms with van der Waals surface area (Å²) in [5.41, 5.74) is 0.655. The second-order valence-electron chi connectivity index (χ2n) is 4.43. The number of carbonyl (C=O) groups is 1. The molecular weight excluding hydrogens is 341 g/mol. The van der Waals surface area contributed by atoms with E-state index in [0.29, 0.717) is 36.8 Å². The Balaban J connectivity index is 0.00000242. The third-order valence-electron chi connectivity index (χ3n) is 2.80. The Hall–Kier alpha value is -1.70. The van der Waals surface area contributed by atoms with Crippen molar-refractivity contribution in [3.63, 3.8) is 0 Å². The van der Waals surface area contributed by atoms with Gasteiger partial charge in [0.25, 0.3) is 0 Å². The summed E-state index contributed by atoms with van der Waals surface area (Å²) in [5, 5.41) is 9.82. The van der Waals surface area contributed by atoms with Crippen LogP contribution in [0.4, 0.5) is 0 Å². The number of carbonyl (C=O) groups excluding carboxylic acids is 1. The van der Waals surface area contributed by atoms with E-state index in [2.05, 4.69) is 25.8 Å². The van der Waals surface area contributed by atoms with Crippen molar-refractivity contribution in [2.45, 2.75) is 19.8 Å². The van der Waals surface area contributed by atoms with Gasteiger partial charge >= 0.3 is 0 Å². The predicted molar refractivity (Wildman–Crippen MR) is 91.9 cm³/mol. The molecule has 2 aromatic heterocycles. The lowest BCUT2D eigenvalue weighted by molar-refractivity contribution is -0.121. The first kappa shape index (κ1) is 21.3. The van der Waals surface area contributed by atoms with E-state index < -0.39 is 0 Å². The number of halogens is 2. The van der Waals surface area contributed by atoms with Crippen LogP contribution in [0.15, 0.2) is 28.9 Å². The van der Waals surface area contributed by atoms with Crippen molar-refractivity contribution in [3.05, 3.63) is 30.3 Å². The molecule has 7 nitrogen and oxygen atoms in total. The second kappa shape index (κ2) is 11.8. The van der Waals surface area contributed by atoms with Gasteiger partial charge < -0.3 is 15.2 Å². The lowest BCUT2D eigenvalue weighted by atomic mass is 10.3. The highest BCUT2D eigenvalue weighted by Gasteiger charge is 2.10. The molecule has 0 bridgehead atoms. The molecule has 23 heavy (non-hydrogen) atoms. The molecule has 9 heteroatoms. The molecule has 2 N–H and O–H groups in total. The summed E-state index contributed by atoms with van der Waals surface area (Å²) in [7, 11) is 0. The average molecular weight is 362 g/mol. The summed E-state index contributed by atoms with van der Waals surface area (Å²) in [5.74, 6) is 0.862. The molecule has 0 aromatic carbocycles. The first-order chi connectivity index (χ1) is 10.3. The molecule has 0 spiro atoms. The van der Waals surface area contributed by atoms with Crippen LogP contribution in [0.5, 0.6) is 0 Å². The van der Waals surface area contributed by atoms with E-state index in [-0.39, 0.29) is 30.7 Å². The number of aromatic nitrogens is 3. The van der Waals surface area contributed by atoms with Crippen molar-refractivity contribution >= 4 is 30.7 Å². The number of nitrogens with one attached hydrogen (secondary N) is 2. The van der Waals surface area contributed by atoms with Gasteiger partial charge in [0, 0.05) is 32.1 Å². The van der Waals surface area contributed by atoms with Gasteiger partial charge in [-0.1, -0.05) is 18.1 Å². The Labute approximate surface area is 147 Å². The number of hydrogen-bond donors (Lipinski definition) is 2. The zero-order valence-electron chi connectivity index (χ0n) is 12.8. The van der Waals surface area contributed by atoms with E-state index in [4.69, 9.17) is 4.52 Å². The molecule has 0 fully saturated rings. The Bertz CT molecular complexity index is 565. The molecule has 0 aliphatic carbocycles. The van der Waals surface area contributed by atoms with Gasteiger partial charge in [-0.15, -0.1) is 24.8 Å². The first-order valence-corrected chi connectivity index (χ1v) is 7.01. The van der Waals surface area contributed by atoms with E-state index in [9.17, 15) is 4.79 Å². The van der Waals surface area contributed by atoms with E-state index in [1.165, 1.54) is 0 Å². The lowest BCUT2D eigenvalue weighted by Crippen LogP contribution is -2.31. The number of rotatable bonds is 8. The minimum absolute atomic E-state index is 0. The minimum Gasteiger partial charge on any atom is -0.355 e. The summed E-state index contributed by atoms with van der Waals surface area (Å²) < 4.78 is 5.12. The van der Waals surface area contributed by atoms with Crippen LogP contribution in [0.3, 0.4) is 0 Å². The van der Waals surface area contributed by atoms with Crippen LogP contribution in [-0.4, -0.2) is 40.7 Å². The molecule has 2 heterocycles. The van der Waals surface area contributed by atoms with Crippen LogP contribution >= 0.6 is 24.8 Å². The number of amides is 1. The summed E-state index contributed by atoms with van der Waals surface area (Å²) >= 11 is 0. The number of pyridine rings is 1. The van der Waals surface area contributed by atoms with Crippen LogP contribution in [0, 0.1) is 0 Å². The Kier molecular flexibility index (Phi) is 10.9. The van der Waals surface area contributed by atoms with Crippen LogP contribution in [0.25, 0.3) is 11.5 Å². The molecule has 1 amide bonds. The number of nitrogens with zero attached hydrogens (tertiary/aromatic N) is 3. The fraction of sp³-hybridized carbons (Fsp3) is 0.429. The van der Waals surface area contributed by atoms with Crippen LogP contribution in [0.2, 0.25) is 0 Å². The molecular formula is C14H21Cl2N5O2. The quantitative estimate of drug-likeness (QED) is 0.694. The molecule has 2 aromatic rings. The zero-order valence-corrected chi connectivity index (χ0v) is 14.5. The molecule has 0 aliphatic heterocycles. The fourth-order valence-electron chi connectivity index (χ4n) is 1.73.